The Morgan fingerprint density at radius 2 is 2.14 bits per heavy atom. The fourth-order valence-electron chi connectivity index (χ4n) is 1.32. The van der Waals surface area contributed by atoms with E-state index in [1.807, 2.05) is 0 Å². The zero-order valence-corrected chi connectivity index (χ0v) is 13.4. The minimum Gasteiger partial charge on any atom is -0.443 e. The molecule has 1 aliphatic heterocycles. The molecule has 1 saturated heterocycles. The molecule has 86 valence electrons. The first kappa shape index (κ1) is 14.5. The smallest absolute Gasteiger partial charge is 0.296 e. The summed E-state index contributed by atoms with van der Waals surface area (Å²) < 4.78 is 17.0. The van der Waals surface area contributed by atoms with Crippen molar-refractivity contribution < 1.29 is 13.3 Å². The van der Waals surface area contributed by atoms with Crippen molar-refractivity contribution in [2.75, 3.05) is 6.61 Å². The van der Waals surface area contributed by atoms with E-state index in [-0.39, 0.29) is 12.8 Å². The first-order valence-electron chi connectivity index (χ1n) is 5.02. The summed E-state index contributed by atoms with van der Waals surface area (Å²) in [5, 5.41) is 0. The fourth-order valence-corrected chi connectivity index (χ4v) is 4.07. The maximum atomic E-state index is 5.77. The molecule has 1 unspecified atom stereocenters. The van der Waals surface area contributed by atoms with Crippen molar-refractivity contribution in [3.8, 4) is 0 Å². The van der Waals surface area contributed by atoms with E-state index in [4.69, 9.17) is 13.3 Å². The lowest BCUT2D eigenvalue weighted by atomic mass is 10.2. The second-order valence-electron chi connectivity index (χ2n) is 3.92. The summed E-state index contributed by atoms with van der Waals surface area (Å²) >= 11 is 0. The summed E-state index contributed by atoms with van der Waals surface area (Å²) in [6.45, 7) is 5.23. The molecule has 1 heterocycles. The Hall–Kier alpha value is 0.531. The van der Waals surface area contributed by atoms with Gasteiger partial charge in [0.1, 0.15) is 5.41 Å². The van der Waals surface area contributed by atoms with Gasteiger partial charge in [0.15, 0.2) is 9.04 Å². The van der Waals surface area contributed by atoms with Gasteiger partial charge in [-0.25, -0.2) is 0 Å². The first-order chi connectivity index (χ1) is 6.12. The second kappa shape index (κ2) is 6.91. The van der Waals surface area contributed by atoms with Crippen LogP contribution < -0.4 is 0 Å². The zero-order chi connectivity index (χ0) is 9.73. The van der Waals surface area contributed by atoms with Crippen molar-refractivity contribution in [3.63, 3.8) is 0 Å². The van der Waals surface area contributed by atoms with Crippen LogP contribution in [0.5, 0.6) is 0 Å². The molecule has 6 heteroatoms. The van der Waals surface area contributed by atoms with Gasteiger partial charge in [-0.15, -0.1) is 0 Å². The Morgan fingerprint density at radius 3 is 2.64 bits per heavy atom. The normalized spacial score (nSPS) is 28.5. The van der Waals surface area contributed by atoms with Gasteiger partial charge < -0.3 is 13.3 Å². The molecule has 3 nitrogen and oxygen atoms in total. The average Bonchev–Trinajstić information content (AvgIpc) is 2.04. The maximum Gasteiger partial charge on any atom is 0.296 e. The number of ether oxygens (including phenoxy) is 1. The van der Waals surface area contributed by atoms with Crippen LogP contribution in [0.4, 0.5) is 0 Å². The van der Waals surface area contributed by atoms with Gasteiger partial charge in [0.2, 0.25) is 0 Å². The minimum atomic E-state index is -0.876. The van der Waals surface area contributed by atoms with Crippen molar-refractivity contribution in [2.45, 2.75) is 45.2 Å². The second-order valence-corrected chi connectivity index (χ2v) is 9.40. The first-order valence-corrected chi connectivity index (χ1v) is 9.95. The highest BCUT2D eigenvalue weighted by atomic mass is 28.4. The molecule has 0 radical (unpaired) electrons. The fraction of sp³-hybridized carbons (Fsp3) is 1.00. The van der Waals surface area contributed by atoms with Crippen LogP contribution in [0.2, 0.25) is 13.1 Å². The molecule has 1 fully saturated rings. The molecule has 0 aliphatic carbocycles. The summed E-state index contributed by atoms with van der Waals surface area (Å²) in [7, 11) is -0.677. The van der Waals surface area contributed by atoms with Gasteiger partial charge in [0.05, 0.1) is 10.2 Å². The Bertz CT molecular complexity index is 149. The molecule has 0 aromatic rings. The summed E-state index contributed by atoms with van der Waals surface area (Å²) in [6.07, 6.45) is 3.51. The lowest BCUT2D eigenvalue weighted by molar-refractivity contribution is -0.147. The number of hydrogen-bond donors (Lipinski definition) is 0. The minimum absolute atomic E-state index is 0. The Morgan fingerprint density at radius 1 is 1.43 bits per heavy atom. The van der Waals surface area contributed by atoms with Crippen molar-refractivity contribution in [1.29, 1.82) is 0 Å². The molecule has 0 aromatic carbocycles. The van der Waals surface area contributed by atoms with Crippen molar-refractivity contribution in [2.24, 2.45) is 0 Å². The van der Waals surface area contributed by atoms with E-state index >= 15 is 0 Å². The van der Waals surface area contributed by atoms with Gasteiger partial charge in [-0.2, -0.15) is 0 Å². The summed E-state index contributed by atoms with van der Waals surface area (Å²) in [5.41, 5.74) is -0.187. The predicted octanol–water partition coefficient (Wildman–Crippen LogP) is -0.142. The van der Waals surface area contributed by atoms with E-state index in [1.54, 1.807) is 0 Å². The van der Waals surface area contributed by atoms with E-state index in [1.165, 1.54) is 12.8 Å². The van der Waals surface area contributed by atoms with Gasteiger partial charge in [-0.05, 0) is 32.4 Å². The Kier molecular flexibility index (Phi) is 7.18. The van der Waals surface area contributed by atoms with Gasteiger partial charge in [0, 0.05) is 6.61 Å². The van der Waals surface area contributed by atoms with E-state index in [0.29, 0.717) is 0 Å². The van der Waals surface area contributed by atoms with Crippen LogP contribution in [-0.4, -0.2) is 41.3 Å². The monoisotopic (exact) mass is 252 g/mol. The SMILES string of the molecule is C.C[SiH](C)O[SiH2]OC1([SiH3])CCCCO1. The predicted molar refractivity (Wildman–Crippen MR) is 68.8 cm³/mol. The van der Waals surface area contributed by atoms with Crippen molar-refractivity contribution in [1.82, 2.24) is 0 Å². The highest BCUT2D eigenvalue weighted by Crippen LogP contribution is 2.22. The molecule has 1 rings (SSSR count). The molecule has 0 saturated carbocycles. The van der Waals surface area contributed by atoms with Crippen LogP contribution in [0.25, 0.3) is 0 Å². The molecular formula is C8H24O3Si3. The van der Waals surface area contributed by atoms with E-state index in [0.717, 1.165) is 23.3 Å². The average molecular weight is 253 g/mol. The third-order valence-electron chi connectivity index (χ3n) is 2.20. The lowest BCUT2D eigenvalue weighted by Gasteiger charge is -2.34. The third-order valence-corrected chi connectivity index (χ3v) is 7.79. The molecule has 0 bridgehead atoms. The van der Waals surface area contributed by atoms with Gasteiger partial charge in [-0.3, -0.25) is 0 Å². The number of hydrogen-bond acceptors (Lipinski definition) is 3. The van der Waals surface area contributed by atoms with Gasteiger partial charge >= 0.3 is 0 Å². The van der Waals surface area contributed by atoms with Gasteiger partial charge in [-0.1, -0.05) is 7.43 Å². The standard InChI is InChI=1S/C7H20O3Si3.CH4/c1-13(2)10-12-9-7(11)5-3-4-6-8-7;/h13H,3-6,12H2,1-2,11H3;1H4. The summed E-state index contributed by atoms with van der Waals surface area (Å²) in [4.78, 5) is 0. The Balaban J connectivity index is 0.00000169. The van der Waals surface area contributed by atoms with Crippen LogP contribution in [-0.2, 0) is 13.3 Å². The van der Waals surface area contributed by atoms with Gasteiger partial charge in [0.25, 0.3) is 10.0 Å². The lowest BCUT2D eigenvalue weighted by Crippen LogP contribution is -2.41. The highest BCUT2D eigenvalue weighted by Gasteiger charge is 2.27. The quantitative estimate of drug-likeness (QED) is 0.652. The van der Waals surface area contributed by atoms with E-state index < -0.39 is 19.0 Å². The molecule has 0 aromatic heterocycles. The Labute approximate surface area is 94.7 Å². The maximum absolute atomic E-state index is 5.77. The number of rotatable bonds is 4. The zero-order valence-electron chi connectivity index (χ0n) is 8.84. The molecule has 0 amide bonds. The van der Waals surface area contributed by atoms with E-state index in [2.05, 4.69) is 13.1 Å². The molecule has 0 N–H and O–H groups in total. The molecule has 0 spiro atoms. The molecule has 1 aliphatic rings. The molecule has 14 heavy (non-hydrogen) atoms. The van der Waals surface area contributed by atoms with E-state index in [9.17, 15) is 0 Å². The van der Waals surface area contributed by atoms with Crippen LogP contribution in [0.15, 0.2) is 0 Å². The van der Waals surface area contributed by atoms with Crippen LogP contribution in [0.3, 0.4) is 0 Å². The third kappa shape index (κ3) is 5.42. The van der Waals surface area contributed by atoms with Crippen molar-refractivity contribution >= 4 is 29.3 Å². The summed E-state index contributed by atoms with van der Waals surface area (Å²) in [5.74, 6) is 0. The van der Waals surface area contributed by atoms with Crippen LogP contribution >= 0.6 is 0 Å². The largest absolute Gasteiger partial charge is 0.443 e. The van der Waals surface area contributed by atoms with Crippen LogP contribution in [0.1, 0.15) is 26.7 Å². The van der Waals surface area contributed by atoms with Crippen LogP contribution in [0, 0.1) is 0 Å². The highest BCUT2D eigenvalue weighted by molar-refractivity contribution is 6.54. The molecule has 1 atom stereocenters. The topological polar surface area (TPSA) is 27.7 Å². The van der Waals surface area contributed by atoms with Crippen molar-refractivity contribution in [3.05, 3.63) is 0 Å². The molecular weight excluding hydrogens is 228 g/mol. The summed E-state index contributed by atoms with van der Waals surface area (Å²) in [6, 6.07) is 0.